The van der Waals surface area contributed by atoms with Crippen molar-refractivity contribution in [2.75, 3.05) is 6.54 Å². The van der Waals surface area contributed by atoms with Gasteiger partial charge in [0.1, 0.15) is 22.3 Å². The fourth-order valence-electron chi connectivity index (χ4n) is 2.43. The number of nitrogens with zero attached hydrogens (tertiary/aromatic N) is 3. The number of H-pyrrole nitrogens is 1. The van der Waals surface area contributed by atoms with E-state index in [0.717, 1.165) is 10.7 Å². The first-order valence-electron chi connectivity index (χ1n) is 7.93. The molecule has 26 heavy (non-hydrogen) atoms. The van der Waals surface area contributed by atoms with Gasteiger partial charge in [0, 0.05) is 24.5 Å². The topological polar surface area (TPSA) is 110 Å². The van der Waals surface area contributed by atoms with Crippen LogP contribution < -0.4 is 9.46 Å². The molecular weight excluding hydrogens is 374 g/mol. The molecule has 2 N–H and O–H groups in total. The van der Waals surface area contributed by atoms with E-state index in [4.69, 9.17) is 4.74 Å². The van der Waals surface area contributed by atoms with Crippen molar-refractivity contribution in [2.24, 2.45) is 0 Å². The van der Waals surface area contributed by atoms with E-state index >= 15 is 0 Å². The highest BCUT2D eigenvalue weighted by Gasteiger charge is 2.21. The van der Waals surface area contributed by atoms with Crippen LogP contribution in [0.25, 0.3) is 0 Å². The molecule has 0 saturated heterocycles. The third-order valence-corrected chi connectivity index (χ3v) is 6.19. The van der Waals surface area contributed by atoms with Gasteiger partial charge in [-0.2, -0.15) is 5.10 Å². The molecule has 0 fully saturated rings. The number of aromatic nitrogens is 4. The molecule has 3 aromatic heterocycles. The second-order valence-electron chi connectivity index (χ2n) is 5.62. The molecule has 0 amide bonds. The van der Waals surface area contributed by atoms with Crippen molar-refractivity contribution in [3.05, 3.63) is 52.0 Å². The average Bonchev–Trinajstić information content (AvgIpc) is 3.20. The van der Waals surface area contributed by atoms with Crippen LogP contribution in [-0.4, -0.2) is 35.1 Å². The van der Waals surface area contributed by atoms with Crippen LogP contribution in [0.3, 0.4) is 0 Å². The van der Waals surface area contributed by atoms with Crippen molar-refractivity contribution in [3.63, 3.8) is 0 Å². The van der Waals surface area contributed by atoms with Crippen LogP contribution >= 0.6 is 11.3 Å². The van der Waals surface area contributed by atoms with Crippen LogP contribution in [0.2, 0.25) is 0 Å². The Hall–Kier alpha value is -2.30. The van der Waals surface area contributed by atoms with Crippen molar-refractivity contribution in [1.82, 2.24) is 24.9 Å². The lowest BCUT2D eigenvalue weighted by molar-refractivity contribution is 0.304. The lowest BCUT2D eigenvalue weighted by Crippen LogP contribution is -2.27. The van der Waals surface area contributed by atoms with Gasteiger partial charge < -0.3 is 4.74 Å². The van der Waals surface area contributed by atoms with Crippen molar-refractivity contribution in [2.45, 2.75) is 31.8 Å². The maximum absolute atomic E-state index is 12.4. The summed E-state index contributed by atoms with van der Waals surface area (Å²) in [6, 6.07) is 3.63. The quantitative estimate of drug-likeness (QED) is 0.605. The van der Waals surface area contributed by atoms with Gasteiger partial charge in [0.05, 0.1) is 23.3 Å². The first-order chi connectivity index (χ1) is 12.5. The Kier molecular flexibility index (Phi) is 5.64. The number of nitrogens with one attached hydrogen (secondary N) is 2. The van der Waals surface area contributed by atoms with Crippen molar-refractivity contribution in [1.29, 1.82) is 0 Å². The maximum Gasteiger partial charge on any atom is 0.244 e. The maximum atomic E-state index is 12.4. The highest BCUT2D eigenvalue weighted by atomic mass is 32.2. The molecule has 3 heterocycles. The molecule has 3 rings (SSSR count). The van der Waals surface area contributed by atoms with E-state index in [-0.39, 0.29) is 11.4 Å². The number of thiazole rings is 1. The zero-order valence-electron chi connectivity index (χ0n) is 14.4. The molecule has 10 heteroatoms. The van der Waals surface area contributed by atoms with E-state index in [1.54, 1.807) is 32.3 Å². The number of hydrogen-bond donors (Lipinski definition) is 2. The first kappa shape index (κ1) is 18.5. The third kappa shape index (κ3) is 4.45. The van der Waals surface area contributed by atoms with Crippen LogP contribution in [0.4, 0.5) is 0 Å². The molecule has 8 nitrogen and oxygen atoms in total. The minimum atomic E-state index is -3.59. The van der Waals surface area contributed by atoms with Gasteiger partial charge in [0.2, 0.25) is 10.0 Å². The summed E-state index contributed by atoms with van der Waals surface area (Å²) in [5, 5.41) is 9.34. The van der Waals surface area contributed by atoms with Crippen LogP contribution in [0.1, 0.15) is 22.1 Å². The van der Waals surface area contributed by atoms with Crippen molar-refractivity contribution >= 4 is 21.4 Å². The molecule has 0 atom stereocenters. The molecule has 0 saturated carbocycles. The van der Waals surface area contributed by atoms with E-state index in [2.05, 4.69) is 24.9 Å². The van der Waals surface area contributed by atoms with Gasteiger partial charge in [0.15, 0.2) is 0 Å². The van der Waals surface area contributed by atoms with E-state index in [1.807, 2.05) is 11.4 Å². The second-order valence-corrected chi connectivity index (χ2v) is 8.27. The lowest BCUT2D eigenvalue weighted by atomic mass is 10.3. The Balaban J connectivity index is 1.52. The number of ether oxygens (including phenoxy) is 1. The molecule has 138 valence electrons. The summed E-state index contributed by atoms with van der Waals surface area (Å²) in [7, 11) is -3.59. The number of hydrogen-bond acceptors (Lipinski definition) is 7. The predicted molar refractivity (Wildman–Crippen MR) is 97.6 cm³/mol. The molecular formula is C16H19N5O3S2. The minimum Gasteiger partial charge on any atom is -0.485 e. The number of aryl methyl sites for hydroxylation is 2. The van der Waals surface area contributed by atoms with Crippen molar-refractivity contribution in [3.8, 4) is 5.75 Å². The highest BCUT2D eigenvalue weighted by molar-refractivity contribution is 7.89. The second kappa shape index (κ2) is 7.94. The molecule has 0 unspecified atom stereocenters. The molecule has 0 aliphatic carbocycles. The summed E-state index contributed by atoms with van der Waals surface area (Å²) in [5.74, 6) is 0.683. The fourth-order valence-corrected chi connectivity index (χ4v) is 4.57. The van der Waals surface area contributed by atoms with Crippen LogP contribution in [0.15, 0.2) is 34.8 Å². The van der Waals surface area contributed by atoms with Crippen LogP contribution in [-0.2, 0) is 23.1 Å². The van der Waals surface area contributed by atoms with E-state index in [1.165, 1.54) is 11.3 Å². The summed E-state index contributed by atoms with van der Waals surface area (Å²) >= 11 is 1.48. The SMILES string of the molecule is Cc1n[nH]c(C)c1S(=O)(=O)NCCc1csc(COc2cccnc2)n1. The number of sulfonamides is 1. The van der Waals surface area contributed by atoms with Gasteiger partial charge in [-0.15, -0.1) is 11.3 Å². The van der Waals surface area contributed by atoms with Gasteiger partial charge in [-0.05, 0) is 26.0 Å². The normalized spacial score (nSPS) is 11.6. The fraction of sp³-hybridized carbons (Fsp3) is 0.312. The smallest absolute Gasteiger partial charge is 0.244 e. The van der Waals surface area contributed by atoms with Gasteiger partial charge in [-0.1, -0.05) is 0 Å². The molecule has 0 radical (unpaired) electrons. The van der Waals surface area contributed by atoms with E-state index in [0.29, 0.717) is 30.2 Å². The summed E-state index contributed by atoms with van der Waals surface area (Å²) in [6.45, 7) is 3.96. The van der Waals surface area contributed by atoms with Crippen LogP contribution in [0.5, 0.6) is 5.75 Å². The summed E-state index contributed by atoms with van der Waals surface area (Å²) in [5.41, 5.74) is 1.81. The highest BCUT2D eigenvalue weighted by Crippen LogP contribution is 2.17. The standard InChI is InChI=1S/C16H19N5O3S2/c1-11-16(12(2)21-20-11)26(22,23)18-7-5-13-10-25-15(19-13)9-24-14-4-3-6-17-8-14/h3-4,6,8,10,18H,5,7,9H2,1-2H3,(H,20,21). The van der Waals surface area contributed by atoms with Gasteiger partial charge in [-0.3, -0.25) is 10.1 Å². The zero-order chi connectivity index (χ0) is 18.6. The molecule has 0 aliphatic rings. The Morgan fingerprint density at radius 2 is 2.19 bits per heavy atom. The number of rotatable bonds is 8. The Labute approximate surface area is 155 Å². The summed E-state index contributed by atoms with van der Waals surface area (Å²) in [4.78, 5) is 8.66. The molecule has 0 aliphatic heterocycles. The largest absolute Gasteiger partial charge is 0.485 e. The van der Waals surface area contributed by atoms with Gasteiger partial charge in [-0.25, -0.2) is 18.1 Å². The molecule has 0 spiro atoms. The Bertz CT molecular complexity index is 947. The lowest BCUT2D eigenvalue weighted by Gasteiger charge is -2.06. The number of pyridine rings is 1. The van der Waals surface area contributed by atoms with Gasteiger partial charge >= 0.3 is 0 Å². The summed E-state index contributed by atoms with van der Waals surface area (Å²) < 4.78 is 32.9. The third-order valence-electron chi connectivity index (χ3n) is 3.60. The van der Waals surface area contributed by atoms with E-state index in [9.17, 15) is 8.42 Å². The van der Waals surface area contributed by atoms with Crippen molar-refractivity contribution < 1.29 is 13.2 Å². The Morgan fingerprint density at radius 1 is 1.35 bits per heavy atom. The molecule has 0 aromatic carbocycles. The zero-order valence-corrected chi connectivity index (χ0v) is 16.0. The molecule has 0 bridgehead atoms. The molecule has 3 aromatic rings. The monoisotopic (exact) mass is 393 g/mol. The predicted octanol–water partition coefficient (Wildman–Crippen LogP) is 1.98. The summed E-state index contributed by atoms with van der Waals surface area (Å²) in [6.07, 6.45) is 3.82. The Morgan fingerprint density at radius 3 is 2.88 bits per heavy atom. The average molecular weight is 393 g/mol. The van der Waals surface area contributed by atoms with E-state index < -0.39 is 10.0 Å². The minimum absolute atomic E-state index is 0.210. The van der Waals surface area contributed by atoms with Crippen LogP contribution in [0, 0.1) is 13.8 Å². The first-order valence-corrected chi connectivity index (χ1v) is 10.3. The van der Waals surface area contributed by atoms with Gasteiger partial charge in [0.25, 0.3) is 0 Å². The number of aromatic amines is 1.